The third-order valence-electron chi connectivity index (χ3n) is 5.10. The number of rotatable bonds is 12. The highest BCUT2D eigenvalue weighted by molar-refractivity contribution is 7.99. The van der Waals surface area contributed by atoms with Gasteiger partial charge < -0.3 is 14.9 Å². The smallest absolute Gasteiger partial charge is 0.303 e. The molecule has 2 aliphatic heterocycles. The van der Waals surface area contributed by atoms with Crippen LogP contribution in [0.25, 0.3) is 0 Å². The number of unbranched alkanes of at least 4 members (excludes halogenated alkanes) is 3. The summed E-state index contributed by atoms with van der Waals surface area (Å²) in [6, 6.07) is 0. The van der Waals surface area contributed by atoms with Gasteiger partial charge in [-0.1, -0.05) is 19.3 Å². The van der Waals surface area contributed by atoms with Gasteiger partial charge in [-0.15, -0.1) is 0 Å². The lowest BCUT2D eigenvalue weighted by Crippen LogP contribution is -2.27. The third-order valence-corrected chi connectivity index (χ3v) is 6.10. The van der Waals surface area contributed by atoms with Gasteiger partial charge in [-0.2, -0.15) is 11.8 Å². The molecule has 0 aromatic heterocycles. The van der Waals surface area contributed by atoms with Gasteiger partial charge in [-0.25, -0.2) is 0 Å². The molecule has 2 heterocycles. The Morgan fingerprint density at radius 2 is 1.68 bits per heavy atom. The number of hydrogen-bond donors (Lipinski definition) is 2. The van der Waals surface area contributed by atoms with Crippen molar-refractivity contribution in [2.75, 3.05) is 18.1 Å². The molecular formula is C17H30O4S. The molecule has 0 unspecified atom stereocenters. The van der Waals surface area contributed by atoms with Gasteiger partial charge in [-0.05, 0) is 49.7 Å². The van der Waals surface area contributed by atoms with E-state index in [9.17, 15) is 4.79 Å². The number of aliphatic hydroxyl groups excluding tert-OH is 1. The molecule has 0 radical (unpaired) electrons. The molecule has 4 atom stereocenters. The quantitative estimate of drug-likeness (QED) is 0.537. The van der Waals surface area contributed by atoms with Crippen molar-refractivity contribution in [3.05, 3.63) is 0 Å². The second-order valence-electron chi connectivity index (χ2n) is 6.59. The molecule has 128 valence electrons. The second-order valence-corrected chi connectivity index (χ2v) is 7.81. The van der Waals surface area contributed by atoms with Crippen LogP contribution in [0.3, 0.4) is 0 Å². The van der Waals surface area contributed by atoms with Gasteiger partial charge >= 0.3 is 5.97 Å². The van der Waals surface area contributed by atoms with Crippen molar-refractivity contribution >= 4 is 17.7 Å². The van der Waals surface area contributed by atoms with Crippen molar-refractivity contribution in [1.29, 1.82) is 0 Å². The highest BCUT2D eigenvalue weighted by Crippen LogP contribution is 2.47. The van der Waals surface area contributed by atoms with Gasteiger partial charge in [-0.3, -0.25) is 4.79 Å². The van der Waals surface area contributed by atoms with Gasteiger partial charge in [0.15, 0.2) is 0 Å². The average molecular weight is 330 g/mol. The molecule has 0 saturated carbocycles. The first kappa shape index (κ1) is 18.1. The SMILES string of the molecule is O=C(O)CCCCCC[C@@H]1[C@H](CCSCCO)[C@@H]2CC[C@H]1O2. The molecule has 0 spiro atoms. The zero-order chi connectivity index (χ0) is 15.8. The number of carboxylic acids is 1. The maximum atomic E-state index is 10.5. The molecule has 0 aromatic rings. The summed E-state index contributed by atoms with van der Waals surface area (Å²) in [6.07, 6.45) is 10.4. The number of carboxylic acid groups (broad SMARTS) is 1. The van der Waals surface area contributed by atoms with E-state index in [1.807, 2.05) is 11.8 Å². The number of hydrogen-bond acceptors (Lipinski definition) is 4. The van der Waals surface area contributed by atoms with Crippen LogP contribution in [0.4, 0.5) is 0 Å². The first-order valence-corrected chi connectivity index (χ1v) is 9.93. The minimum absolute atomic E-state index is 0.275. The van der Waals surface area contributed by atoms with E-state index in [0.29, 0.717) is 30.5 Å². The van der Waals surface area contributed by atoms with Crippen molar-refractivity contribution in [2.24, 2.45) is 11.8 Å². The van der Waals surface area contributed by atoms with Gasteiger partial charge in [0.2, 0.25) is 0 Å². The zero-order valence-corrected chi connectivity index (χ0v) is 14.2. The predicted octanol–water partition coefficient (Wildman–Crippen LogP) is 3.32. The molecule has 22 heavy (non-hydrogen) atoms. The summed E-state index contributed by atoms with van der Waals surface area (Å²) in [4.78, 5) is 10.5. The standard InChI is InChI=1S/C17H30O4S/c18-10-12-22-11-9-14-13(15-7-8-16(14)21-15)5-3-1-2-4-6-17(19)20/h13-16,18H,1-12H2,(H,19,20)/t13-,14+,15-,16+/m1/s1. The highest BCUT2D eigenvalue weighted by atomic mass is 32.2. The van der Waals surface area contributed by atoms with Crippen LogP contribution in [0.2, 0.25) is 0 Å². The van der Waals surface area contributed by atoms with Gasteiger partial charge in [0, 0.05) is 12.2 Å². The van der Waals surface area contributed by atoms with Crippen LogP contribution in [0.1, 0.15) is 57.8 Å². The van der Waals surface area contributed by atoms with Crippen molar-refractivity contribution in [1.82, 2.24) is 0 Å². The van der Waals surface area contributed by atoms with E-state index in [1.54, 1.807) is 0 Å². The van der Waals surface area contributed by atoms with Gasteiger partial charge in [0.25, 0.3) is 0 Å². The molecule has 4 nitrogen and oxygen atoms in total. The van der Waals surface area contributed by atoms with Crippen molar-refractivity contribution < 1.29 is 19.7 Å². The molecule has 2 fully saturated rings. The number of carbonyl (C=O) groups is 1. The fraction of sp³-hybridized carbons (Fsp3) is 0.941. The van der Waals surface area contributed by atoms with E-state index in [2.05, 4.69) is 0 Å². The molecule has 5 heteroatoms. The topological polar surface area (TPSA) is 66.8 Å². The highest BCUT2D eigenvalue weighted by Gasteiger charge is 2.47. The number of thioether (sulfide) groups is 1. The van der Waals surface area contributed by atoms with Crippen LogP contribution in [-0.2, 0) is 9.53 Å². The fourth-order valence-electron chi connectivity index (χ4n) is 4.07. The molecule has 2 rings (SSSR count). The summed E-state index contributed by atoms with van der Waals surface area (Å²) in [5, 5.41) is 17.5. The minimum atomic E-state index is -0.679. The average Bonchev–Trinajstić information content (AvgIpc) is 3.08. The molecule has 2 N–H and O–H groups in total. The van der Waals surface area contributed by atoms with E-state index in [-0.39, 0.29) is 6.61 Å². The minimum Gasteiger partial charge on any atom is -0.481 e. The summed E-state index contributed by atoms with van der Waals surface area (Å²) in [7, 11) is 0. The largest absolute Gasteiger partial charge is 0.481 e. The first-order chi connectivity index (χ1) is 10.7. The van der Waals surface area contributed by atoms with Crippen LogP contribution >= 0.6 is 11.8 Å². The van der Waals surface area contributed by atoms with Gasteiger partial charge in [0.05, 0.1) is 18.8 Å². The van der Waals surface area contributed by atoms with E-state index in [0.717, 1.165) is 30.8 Å². The number of aliphatic carboxylic acids is 1. The lowest BCUT2D eigenvalue weighted by molar-refractivity contribution is -0.137. The van der Waals surface area contributed by atoms with E-state index in [4.69, 9.17) is 14.9 Å². The first-order valence-electron chi connectivity index (χ1n) is 8.78. The Kier molecular flexibility index (Phi) is 8.04. The Bertz CT molecular complexity index is 337. The lowest BCUT2D eigenvalue weighted by Gasteiger charge is -2.28. The van der Waals surface area contributed by atoms with E-state index < -0.39 is 5.97 Å². The number of fused-ring (bicyclic) bond motifs is 2. The predicted molar refractivity (Wildman–Crippen MR) is 89.2 cm³/mol. The van der Waals surface area contributed by atoms with Gasteiger partial charge in [0.1, 0.15) is 0 Å². The molecule has 0 amide bonds. The van der Waals surface area contributed by atoms with Crippen LogP contribution < -0.4 is 0 Å². The number of aliphatic hydroxyl groups is 1. The monoisotopic (exact) mass is 330 g/mol. The second kappa shape index (κ2) is 9.78. The van der Waals surface area contributed by atoms with E-state index in [1.165, 1.54) is 32.1 Å². The van der Waals surface area contributed by atoms with Crippen LogP contribution in [-0.4, -0.2) is 46.5 Å². The third kappa shape index (κ3) is 5.43. The summed E-state index contributed by atoms with van der Waals surface area (Å²) in [5.74, 6) is 2.72. The van der Waals surface area contributed by atoms with E-state index >= 15 is 0 Å². The summed E-state index contributed by atoms with van der Waals surface area (Å²) in [5.41, 5.74) is 0. The Balaban J connectivity index is 1.63. The number of ether oxygens (including phenoxy) is 1. The van der Waals surface area contributed by atoms with Crippen molar-refractivity contribution in [3.63, 3.8) is 0 Å². The van der Waals surface area contributed by atoms with Crippen LogP contribution in [0, 0.1) is 11.8 Å². The van der Waals surface area contributed by atoms with Crippen molar-refractivity contribution in [2.45, 2.75) is 70.0 Å². The maximum absolute atomic E-state index is 10.5. The Hall–Kier alpha value is -0.260. The molecule has 0 aromatic carbocycles. The van der Waals surface area contributed by atoms with Crippen LogP contribution in [0.5, 0.6) is 0 Å². The van der Waals surface area contributed by atoms with Crippen molar-refractivity contribution in [3.8, 4) is 0 Å². The summed E-state index contributed by atoms with van der Waals surface area (Å²) < 4.78 is 6.13. The molecule has 2 saturated heterocycles. The molecule has 2 bridgehead atoms. The summed E-state index contributed by atoms with van der Waals surface area (Å²) in [6.45, 7) is 0.275. The zero-order valence-electron chi connectivity index (χ0n) is 13.4. The maximum Gasteiger partial charge on any atom is 0.303 e. The summed E-state index contributed by atoms with van der Waals surface area (Å²) >= 11 is 1.85. The molecule has 2 aliphatic rings. The molecular weight excluding hydrogens is 300 g/mol. The normalized spacial score (nSPS) is 30.0. The Labute approximate surface area is 138 Å². The molecule has 0 aliphatic carbocycles. The van der Waals surface area contributed by atoms with Crippen LogP contribution in [0.15, 0.2) is 0 Å². The Morgan fingerprint density at radius 1 is 1.00 bits per heavy atom. The fourth-order valence-corrected chi connectivity index (χ4v) is 4.84. The lowest BCUT2D eigenvalue weighted by atomic mass is 9.75. The Morgan fingerprint density at radius 3 is 2.36 bits per heavy atom.